The van der Waals surface area contributed by atoms with Gasteiger partial charge in [-0.15, -0.1) is 0 Å². The Kier molecular flexibility index (Phi) is 2.86. The molecule has 3 rings (SSSR count). The third-order valence-corrected chi connectivity index (χ3v) is 4.45. The van der Waals surface area contributed by atoms with E-state index in [1.807, 2.05) is 12.3 Å². The Balaban J connectivity index is 2.13. The number of aromatic nitrogens is 1. The molecule has 2 N–H and O–H groups in total. The Labute approximate surface area is 115 Å². The van der Waals surface area contributed by atoms with E-state index in [2.05, 4.69) is 43.1 Å². The standard InChI is InChI=1S/C17H22N2/c1-16(2)9-5-10-17(18,12-16)14-7-3-8-15-13(14)6-4-11-19-15/h3-4,6-8,11H,5,9-10,12,18H2,1-2H3. The summed E-state index contributed by atoms with van der Waals surface area (Å²) in [4.78, 5) is 4.45. The molecule has 1 fully saturated rings. The summed E-state index contributed by atoms with van der Waals surface area (Å²) in [6.45, 7) is 4.66. The molecule has 1 saturated carbocycles. The summed E-state index contributed by atoms with van der Waals surface area (Å²) in [7, 11) is 0. The van der Waals surface area contributed by atoms with Crippen molar-refractivity contribution < 1.29 is 0 Å². The number of pyridine rings is 1. The van der Waals surface area contributed by atoms with Crippen LogP contribution in [0.25, 0.3) is 10.9 Å². The first-order chi connectivity index (χ1) is 9.00. The maximum Gasteiger partial charge on any atom is 0.0705 e. The zero-order valence-electron chi connectivity index (χ0n) is 11.8. The van der Waals surface area contributed by atoms with Crippen LogP contribution >= 0.6 is 0 Å². The molecule has 100 valence electrons. The maximum absolute atomic E-state index is 6.79. The van der Waals surface area contributed by atoms with E-state index in [1.54, 1.807) is 0 Å². The van der Waals surface area contributed by atoms with Gasteiger partial charge in [-0.05, 0) is 42.4 Å². The highest BCUT2D eigenvalue weighted by Crippen LogP contribution is 2.45. The summed E-state index contributed by atoms with van der Waals surface area (Å²) in [5, 5.41) is 1.21. The number of benzene rings is 1. The summed E-state index contributed by atoms with van der Waals surface area (Å²) in [5.74, 6) is 0. The zero-order chi connectivity index (χ0) is 13.5. The number of nitrogens with zero attached hydrogens (tertiary/aromatic N) is 1. The monoisotopic (exact) mass is 254 g/mol. The van der Waals surface area contributed by atoms with Gasteiger partial charge in [0.1, 0.15) is 0 Å². The average molecular weight is 254 g/mol. The van der Waals surface area contributed by atoms with Gasteiger partial charge in [0.15, 0.2) is 0 Å². The highest BCUT2D eigenvalue weighted by Gasteiger charge is 2.38. The molecule has 0 amide bonds. The molecule has 1 heterocycles. The second-order valence-electron chi connectivity index (χ2n) is 6.73. The van der Waals surface area contributed by atoms with Crippen LogP contribution in [-0.2, 0) is 5.54 Å². The molecule has 0 bridgehead atoms. The molecule has 2 nitrogen and oxygen atoms in total. The number of hydrogen-bond donors (Lipinski definition) is 1. The van der Waals surface area contributed by atoms with Crippen LogP contribution < -0.4 is 5.73 Å². The fourth-order valence-electron chi connectivity index (χ4n) is 3.68. The van der Waals surface area contributed by atoms with Gasteiger partial charge < -0.3 is 5.73 Å². The van der Waals surface area contributed by atoms with E-state index in [0.717, 1.165) is 18.4 Å². The molecule has 1 atom stereocenters. The van der Waals surface area contributed by atoms with E-state index in [9.17, 15) is 0 Å². The van der Waals surface area contributed by atoms with Gasteiger partial charge in [0.2, 0.25) is 0 Å². The molecule has 1 aromatic carbocycles. The van der Waals surface area contributed by atoms with E-state index < -0.39 is 0 Å². The lowest BCUT2D eigenvalue weighted by Gasteiger charge is -2.43. The number of fused-ring (bicyclic) bond motifs is 1. The molecular weight excluding hydrogens is 232 g/mol. The van der Waals surface area contributed by atoms with Gasteiger partial charge in [-0.1, -0.05) is 38.5 Å². The lowest BCUT2D eigenvalue weighted by molar-refractivity contribution is 0.152. The van der Waals surface area contributed by atoms with Crippen molar-refractivity contribution in [3.05, 3.63) is 42.1 Å². The van der Waals surface area contributed by atoms with E-state index in [1.165, 1.54) is 23.8 Å². The van der Waals surface area contributed by atoms with Crippen molar-refractivity contribution in [3.8, 4) is 0 Å². The first-order valence-corrected chi connectivity index (χ1v) is 7.13. The fourth-order valence-corrected chi connectivity index (χ4v) is 3.68. The normalized spacial score (nSPS) is 26.5. The quantitative estimate of drug-likeness (QED) is 0.835. The van der Waals surface area contributed by atoms with E-state index >= 15 is 0 Å². The molecule has 0 saturated heterocycles. The van der Waals surface area contributed by atoms with Crippen LogP contribution in [0.5, 0.6) is 0 Å². The van der Waals surface area contributed by atoms with Crippen molar-refractivity contribution in [2.75, 3.05) is 0 Å². The number of hydrogen-bond acceptors (Lipinski definition) is 2. The summed E-state index contributed by atoms with van der Waals surface area (Å²) in [6, 6.07) is 10.5. The Hall–Kier alpha value is -1.41. The fraction of sp³-hybridized carbons (Fsp3) is 0.471. The van der Waals surface area contributed by atoms with Gasteiger partial charge in [0.25, 0.3) is 0 Å². The summed E-state index contributed by atoms with van der Waals surface area (Å²) >= 11 is 0. The molecule has 1 aliphatic carbocycles. The van der Waals surface area contributed by atoms with Crippen LogP contribution in [0.2, 0.25) is 0 Å². The highest BCUT2D eigenvalue weighted by molar-refractivity contribution is 5.83. The first-order valence-electron chi connectivity index (χ1n) is 7.13. The summed E-state index contributed by atoms with van der Waals surface area (Å²) in [5.41, 5.74) is 9.24. The van der Waals surface area contributed by atoms with Crippen LogP contribution in [0.3, 0.4) is 0 Å². The SMILES string of the molecule is CC1(C)CCCC(N)(c2cccc3ncccc23)C1. The van der Waals surface area contributed by atoms with E-state index in [4.69, 9.17) is 5.73 Å². The minimum Gasteiger partial charge on any atom is -0.321 e. The molecule has 2 heteroatoms. The van der Waals surface area contributed by atoms with Crippen molar-refractivity contribution >= 4 is 10.9 Å². The molecule has 1 aromatic heterocycles. The number of nitrogens with two attached hydrogens (primary N) is 1. The Morgan fingerprint density at radius 2 is 1.95 bits per heavy atom. The Morgan fingerprint density at radius 1 is 1.11 bits per heavy atom. The van der Waals surface area contributed by atoms with Gasteiger partial charge in [-0.3, -0.25) is 4.98 Å². The smallest absolute Gasteiger partial charge is 0.0705 e. The molecule has 0 radical (unpaired) electrons. The van der Waals surface area contributed by atoms with E-state index in [0.29, 0.717) is 5.41 Å². The minimum absolute atomic E-state index is 0.204. The van der Waals surface area contributed by atoms with Crippen LogP contribution in [0.4, 0.5) is 0 Å². The number of rotatable bonds is 1. The van der Waals surface area contributed by atoms with Gasteiger partial charge in [-0.2, -0.15) is 0 Å². The molecular formula is C17H22N2. The minimum atomic E-state index is -0.204. The lowest BCUT2D eigenvalue weighted by atomic mass is 9.65. The van der Waals surface area contributed by atoms with Gasteiger partial charge >= 0.3 is 0 Å². The first kappa shape index (κ1) is 12.6. The Morgan fingerprint density at radius 3 is 2.74 bits per heavy atom. The third kappa shape index (κ3) is 2.25. The largest absolute Gasteiger partial charge is 0.321 e. The molecule has 0 aliphatic heterocycles. The van der Waals surface area contributed by atoms with Gasteiger partial charge in [0.05, 0.1) is 5.52 Å². The second kappa shape index (κ2) is 4.31. The highest BCUT2D eigenvalue weighted by atomic mass is 14.8. The maximum atomic E-state index is 6.79. The van der Waals surface area contributed by atoms with E-state index in [-0.39, 0.29) is 5.54 Å². The van der Waals surface area contributed by atoms with Crippen LogP contribution in [0.15, 0.2) is 36.5 Å². The lowest BCUT2D eigenvalue weighted by Crippen LogP contribution is -2.44. The molecule has 19 heavy (non-hydrogen) atoms. The van der Waals surface area contributed by atoms with Crippen LogP contribution in [-0.4, -0.2) is 4.98 Å². The average Bonchev–Trinajstić information content (AvgIpc) is 2.36. The van der Waals surface area contributed by atoms with Gasteiger partial charge in [0, 0.05) is 17.1 Å². The summed E-state index contributed by atoms with van der Waals surface area (Å²) < 4.78 is 0. The van der Waals surface area contributed by atoms with Crippen molar-refractivity contribution in [1.82, 2.24) is 4.98 Å². The third-order valence-electron chi connectivity index (χ3n) is 4.45. The Bertz CT molecular complexity index is 598. The van der Waals surface area contributed by atoms with Crippen LogP contribution in [0, 0.1) is 5.41 Å². The van der Waals surface area contributed by atoms with Crippen molar-refractivity contribution in [3.63, 3.8) is 0 Å². The second-order valence-corrected chi connectivity index (χ2v) is 6.73. The van der Waals surface area contributed by atoms with Crippen LogP contribution in [0.1, 0.15) is 45.1 Å². The van der Waals surface area contributed by atoms with Crippen molar-refractivity contribution in [2.45, 2.75) is 45.1 Å². The molecule has 1 aliphatic rings. The zero-order valence-corrected chi connectivity index (χ0v) is 11.8. The molecule has 1 unspecified atom stereocenters. The topological polar surface area (TPSA) is 38.9 Å². The summed E-state index contributed by atoms with van der Waals surface area (Å²) in [6.07, 6.45) is 6.45. The predicted molar refractivity (Wildman–Crippen MR) is 79.9 cm³/mol. The van der Waals surface area contributed by atoms with Crippen molar-refractivity contribution in [2.24, 2.45) is 11.1 Å². The molecule has 2 aromatic rings. The molecule has 0 spiro atoms. The van der Waals surface area contributed by atoms with Gasteiger partial charge in [-0.25, -0.2) is 0 Å². The predicted octanol–water partition coefficient (Wildman–Crippen LogP) is 3.99. The van der Waals surface area contributed by atoms with Crippen molar-refractivity contribution in [1.29, 1.82) is 0 Å².